The third kappa shape index (κ3) is 3.70. The topological polar surface area (TPSA) is 26.3 Å². The summed E-state index contributed by atoms with van der Waals surface area (Å²) >= 11 is 0. The first kappa shape index (κ1) is 10.1. The Hall–Kier alpha value is -0.930. The van der Waals surface area contributed by atoms with Gasteiger partial charge in [0.15, 0.2) is 0 Å². The second-order valence-corrected chi connectivity index (χ2v) is 2.24. The molecule has 0 unspecified atom stereocenters. The molecule has 0 heterocycles. The van der Waals surface area contributed by atoms with Crippen molar-refractivity contribution in [2.45, 2.75) is 19.8 Å². The molecule has 0 aromatic heterocycles. The summed E-state index contributed by atoms with van der Waals surface area (Å²) in [5.41, 5.74) is -0.302. The highest BCUT2D eigenvalue weighted by atomic mass is 19.3. The lowest BCUT2D eigenvalue weighted by atomic mass is 10.2. The Kier molecular flexibility index (Phi) is 3.17. The van der Waals surface area contributed by atoms with Crippen LogP contribution < -0.4 is 0 Å². The average molecular weight is 164 g/mol. The van der Waals surface area contributed by atoms with Gasteiger partial charge in [-0.05, 0) is 6.92 Å². The van der Waals surface area contributed by atoms with E-state index in [9.17, 15) is 13.6 Å². The number of hydrogen-bond donors (Lipinski definition) is 0. The number of hydrogen-bond acceptors (Lipinski definition) is 2. The van der Waals surface area contributed by atoms with E-state index in [1.807, 2.05) is 0 Å². The van der Waals surface area contributed by atoms with Crippen LogP contribution in [0.2, 0.25) is 0 Å². The second kappa shape index (κ2) is 3.46. The monoisotopic (exact) mass is 164 g/mol. The zero-order valence-electron chi connectivity index (χ0n) is 6.65. The maximum Gasteiger partial charge on any atom is 0.330 e. The van der Waals surface area contributed by atoms with Crippen molar-refractivity contribution in [3.8, 4) is 0 Å². The number of carbonyl (C=O) groups excluding carboxylic acids is 1. The van der Waals surface area contributed by atoms with Gasteiger partial charge in [-0.3, -0.25) is 0 Å². The van der Waals surface area contributed by atoms with Crippen molar-refractivity contribution >= 4 is 5.97 Å². The summed E-state index contributed by atoms with van der Waals surface area (Å²) < 4.78 is 28.8. The highest BCUT2D eigenvalue weighted by Gasteiger charge is 2.24. The fraction of sp³-hybridized carbons (Fsp3) is 0.571. The molecule has 2 nitrogen and oxygen atoms in total. The summed E-state index contributed by atoms with van der Waals surface area (Å²) in [5.74, 6) is -3.71. The predicted molar refractivity (Wildman–Crippen MR) is 36.4 cm³/mol. The van der Waals surface area contributed by atoms with Gasteiger partial charge in [0.25, 0.3) is 5.92 Å². The van der Waals surface area contributed by atoms with E-state index in [-0.39, 0.29) is 5.57 Å². The minimum absolute atomic E-state index is 0.302. The molecular formula is C7H10F2O2. The van der Waals surface area contributed by atoms with Crippen LogP contribution in [0.15, 0.2) is 11.6 Å². The zero-order chi connectivity index (χ0) is 9.07. The van der Waals surface area contributed by atoms with Crippen LogP contribution in [-0.4, -0.2) is 19.0 Å². The van der Waals surface area contributed by atoms with Gasteiger partial charge in [0, 0.05) is 18.6 Å². The molecule has 0 fully saturated rings. The largest absolute Gasteiger partial charge is 0.466 e. The molecule has 0 aliphatic heterocycles. The smallest absolute Gasteiger partial charge is 0.330 e. The van der Waals surface area contributed by atoms with E-state index in [4.69, 9.17) is 0 Å². The lowest BCUT2D eigenvalue weighted by Gasteiger charge is -2.09. The molecule has 0 bridgehead atoms. The Morgan fingerprint density at radius 1 is 1.55 bits per heavy atom. The third-order valence-corrected chi connectivity index (χ3v) is 1.23. The van der Waals surface area contributed by atoms with Gasteiger partial charge in [-0.2, -0.15) is 0 Å². The molecule has 0 aliphatic carbocycles. The molecule has 0 spiro atoms. The number of halogens is 2. The summed E-state index contributed by atoms with van der Waals surface area (Å²) in [6.07, 6.45) is 0.778. The van der Waals surface area contributed by atoms with E-state index in [1.54, 1.807) is 0 Å². The summed E-state index contributed by atoms with van der Waals surface area (Å²) in [5, 5.41) is 0. The number of ether oxygens (including phenoxy) is 1. The van der Waals surface area contributed by atoms with Crippen molar-refractivity contribution in [3.05, 3.63) is 11.6 Å². The molecule has 4 heteroatoms. The van der Waals surface area contributed by atoms with Crippen molar-refractivity contribution in [2.75, 3.05) is 7.11 Å². The second-order valence-electron chi connectivity index (χ2n) is 2.24. The number of rotatable bonds is 2. The number of esters is 1. The van der Waals surface area contributed by atoms with Gasteiger partial charge in [-0.1, -0.05) is 0 Å². The standard InChI is InChI=1S/C7H10F2O2/c1-5(7(2,8)9)4-6(10)11-3/h4H,1-3H3/b5-4+. The normalized spacial score (nSPS) is 13.0. The molecular weight excluding hydrogens is 154 g/mol. The van der Waals surface area contributed by atoms with Crippen molar-refractivity contribution in [2.24, 2.45) is 0 Å². The Morgan fingerprint density at radius 2 is 2.00 bits per heavy atom. The minimum Gasteiger partial charge on any atom is -0.466 e. The van der Waals surface area contributed by atoms with Crippen LogP contribution in [0.1, 0.15) is 13.8 Å². The van der Waals surface area contributed by atoms with Crippen LogP contribution in [0.5, 0.6) is 0 Å². The molecule has 0 rings (SSSR count). The van der Waals surface area contributed by atoms with Crippen LogP contribution in [0.25, 0.3) is 0 Å². The number of carbonyl (C=O) groups is 1. The number of allylic oxidation sites excluding steroid dienone is 1. The van der Waals surface area contributed by atoms with Gasteiger partial charge in [0.2, 0.25) is 0 Å². The van der Waals surface area contributed by atoms with Gasteiger partial charge < -0.3 is 4.74 Å². The molecule has 11 heavy (non-hydrogen) atoms. The fourth-order valence-corrected chi connectivity index (χ4v) is 0.362. The van der Waals surface area contributed by atoms with Crippen LogP contribution >= 0.6 is 0 Å². The molecule has 0 saturated heterocycles. The van der Waals surface area contributed by atoms with Gasteiger partial charge in [-0.15, -0.1) is 0 Å². The lowest BCUT2D eigenvalue weighted by molar-refractivity contribution is -0.135. The van der Waals surface area contributed by atoms with Crippen molar-refractivity contribution < 1.29 is 18.3 Å². The third-order valence-electron chi connectivity index (χ3n) is 1.23. The molecule has 0 aliphatic rings. The van der Waals surface area contributed by atoms with E-state index in [0.29, 0.717) is 0 Å². The molecule has 0 aromatic rings. The quantitative estimate of drug-likeness (QED) is 0.459. The lowest BCUT2D eigenvalue weighted by Crippen LogP contribution is -2.13. The fourth-order valence-electron chi connectivity index (χ4n) is 0.362. The van der Waals surface area contributed by atoms with Gasteiger partial charge in [0.1, 0.15) is 0 Å². The summed E-state index contributed by atoms with van der Waals surface area (Å²) in [7, 11) is 1.14. The van der Waals surface area contributed by atoms with E-state index >= 15 is 0 Å². The van der Waals surface area contributed by atoms with Crippen LogP contribution in [0.4, 0.5) is 8.78 Å². The van der Waals surface area contributed by atoms with Crippen LogP contribution in [-0.2, 0) is 9.53 Å². The SMILES string of the molecule is COC(=O)/C=C(\C)C(C)(F)F. The molecule has 0 amide bonds. The zero-order valence-corrected chi connectivity index (χ0v) is 6.65. The van der Waals surface area contributed by atoms with Gasteiger partial charge >= 0.3 is 5.97 Å². The van der Waals surface area contributed by atoms with Crippen LogP contribution in [0.3, 0.4) is 0 Å². The maximum atomic E-state index is 12.3. The average Bonchev–Trinajstić information content (AvgIpc) is 1.85. The van der Waals surface area contributed by atoms with Crippen LogP contribution in [0, 0.1) is 0 Å². The van der Waals surface area contributed by atoms with E-state index in [1.165, 1.54) is 6.92 Å². The van der Waals surface area contributed by atoms with Crippen molar-refractivity contribution in [1.82, 2.24) is 0 Å². The maximum absolute atomic E-state index is 12.3. The first-order chi connectivity index (χ1) is 4.88. The Balaban J connectivity index is 4.35. The van der Waals surface area contributed by atoms with Crippen molar-refractivity contribution in [1.29, 1.82) is 0 Å². The van der Waals surface area contributed by atoms with E-state index < -0.39 is 11.9 Å². The molecule has 64 valence electrons. The number of methoxy groups -OCH3 is 1. The predicted octanol–water partition coefficient (Wildman–Crippen LogP) is 1.76. The molecule has 0 saturated carbocycles. The van der Waals surface area contributed by atoms with E-state index in [2.05, 4.69) is 4.74 Å². The first-order valence-electron chi connectivity index (χ1n) is 3.02. The summed E-state index contributed by atoms with van der Waals surface area (Å²) in [6.45, 7) is 1.90. The summed E-state index contributed by atoms with van der Waals surface area (Å²) in [4.78, 5) is 10.4. The molecule has 0 aromatic carbocycles. The first-order valence-corrected chi connectivity index (χ1v) is 3.02. The highest BCUT2D eigenvalue weighted by molar-refractivity contribution is 5.82. The highest BCUT2D eigenvalue weighted by Crippen LogP contribution is 2.21. The van der Waals surface area contributed by atoms with E-state index in [0.717, 1.165) is 20.1 Å². The Morgan fingerprint density at radius 3 is 2.27 bits per heavy atom. The van der Waals surface area contributed by atoms with Gasteiger partial charge in [-0.25, -0.2) is 13.6 Å². The minimum atomic E-state index is -2.95. The Bertz CT molecular complexity index is 179. The molecule has 0 N–H and O–H groups in total. The molecule has 0 radical (unpaired) electrons. The Labute approximate surface area is 63.8 Å². The number of alkyl halides is 2. The summed E-state index contributed by atoms with van der Waals surface area (Å²) in [6, 6.07) is 0. The van der Waals surface area contributed by atoms with Crippen molar-refractivity contribution in [3.63, 3.8) is 0 Å². The molecule has 0 atom stereocenters. The van der Waals surface area contributed by atoms with Gasteiger partial charge in [0.05, 0.1) is 7.11 Å².